The average molecular weight is 252 g/mol. The molecule has 2 rings (SSSR count). The molecule has 0 spiro atoms. The third-order valence-electron chi connectivity index (χ3n) is 2.26. The number of fused-ring (bicyclic) bond motifs is 1. The van der Waals surface area contributed by atoms with E-state index < -0.39 is 6.04 Å². The molecule has 0 saturated carbocycles. The summed E-state index contributed by atoms with van der Waals surface area (Å²) in [5.74, 6) is -0.369. The van der Waals surface area contributed by atoms with Gasteiger partial charge in [0, 0.05) is 6.20 Å². The number of pyridine rings is 1. The van der Waals surface area contributed by atoms with E-state index >= 15 is 0 Å². The first-order valence-corrected chi connectivity index (χ1v) is 6.11. The van der Waals surface area contributed by atoms with Crippen LogP contribution in [-0.4, -0.2) is 28.7 Å². The summed E-state index contributed by atoms with van der Waals surface area (Å²) in [6, 6.07) is 3.08. The van der Waals surface area contributed by atoms with Crippen LogP contribution in [0.25, 0.3) is 0 Å². The Morgan fingerprint density at radius 3 is 3.24 bits per heavy atom. The molecular weight excluding hydrogens is 240 g/mol. The standard InChI is InChI=1S/C11H12N2O3S/c1-2-16-9(14)6-8-11(15)17-10-7(13-8)4-3-5-12-10/h3-5,8,13H,2,6H2,1H3. The van der Waals surface area contributed by atoms with Crippen molar-refractivity contribution in [1.82, 2.24) is 4.98 Å². The second kappa shape index (κ2) is 5.18. The minimum atomic E-state index is -0.532. The van der Waals surface area contributed by atoms with Gasteiger partial charge in [-0.15, -0.1) is 0 Å². The van der Waals surface area contributed by atoms with Gasteiger partial charge in [-0.2, -0.15) is 0 Å². The number of carbonyl (C=O) groups is 2. The molecule has 0 amide bonds. The maximum Gasteiger partial charge on any atom is 0.308 e. The number of hydrogen-bond donors (Lipinski definition) is 1. The predicted octanol–water partition coefficient (Wildman–Crippen LogP) is 1.45. The second-order valence-electron chi connectivity index (χ2n) is 3.48. The van der Waals surface area contributed by atoms with Crippen molar-refractivity contribution in [1.29, 1.82) is 0 Å². The predicted molar refractivity (Wildman–Crippen MR) is 63.8 cm³/mol. The molecule has 1 aliphatic heterocycles. The minimum absolute atomic E-state index is 0.0496. The number of thioether (sulfide) groups is 1. The van der Waals surface area contributed by atoms with Gasteiger partial charge in [0.25, 0.3) is 0 Å². The zero-order valence-electron chi connectivity index (χ0n) is 9.30. The molecule has 0 radical (unpaired) electrons. The van der Waals surface area contributed by atoms with E-state index in [1.807, 2.05) is 6.07 Å². The van der Waals surface area contributed by atoms with Crippen molar-refractivity contribution >= 4 is 28.5 Å². The molecule has 0 aromatic carbocycles. The highest BCUT2D eigenvalue weighted by Crippen LogP contribution is 2.32. The second-order valence-corrected chi connectivity index (χ2v) is 4.48. The summed E-state index contributed by atoms with van der Waals surface area (Å²) in [7, 11) is 0. The van der Waals surface area contributed by atoms with Gasteiger partial charge in [0.2, 0.25) is 5.12 Å². The summed E-state index contributed by atoms with van der Waals surface area (Å²) in [6.07, 6.45) is 1.68. The molecule has 1 aromatic rings. The number of nitrogens with one attached hydrogen (secondary N) is 1. The molecule has 6 heteroatoms. The van der Waals surface area contributed by atoms with Crippen molar-refractivity contribution in [3.05, 3.63) is 18.3 Å². The molecule has 2 heterocycles. The van der Waals surface area contributed by atoms with Gasteiger partial charge in [-0.25, -0.2) is 4.98 Å². The first kappa shape index (κ1) is 11.9. The van der Waals surface area contributed by atoms with Gasteiger partial charge in [-0.1, -0.05) is 0 Å². The van der Waals surface area contributed by atoms with Crippen molar-refractivity contribution in [2.45, 2.75) is 24.4 Å². The van der Waals surface area contributed by atoms with Gasteiger partial charge >= 0.3 is 5.97 Å². The Morgan fingerprint density at radius 1 is 1.65 bits per heavy atom. The van der Waals surface area contributed by atoms with Crippen LogP contribution in [0.1, 0.15) is 13.3 Å². The normalized spacial score (nSPS) is 18.2. The van der Waals surface area contributed by atoms with E-state index in [1.165, 1.54) is 0 Å². The van der Waals surface area contributed by atoms with Crippen LogP contribution < -0.4 is 5.32 Å². The monoisotopic (exact) mass is 252 g/mol. The van der Waals surface area contributed by atoms with E-state index in [9.17, 15) is 9.59 Å². The number of anilines is 1. The van der Waals surface area contributed by atoms with Gasteiger partial charge in [0.05, 0.1) is 18.7 Å². The number of rotatable bonds is 3. The van der Waals surface area contributed by atoms with Crippen molar-refractivity contribution in [3.8, 4) is 0 Å². The highest BCUT2D eigenvalue weighted by Gasteiger charge is 2.29. The number of ether oxygens (including phenoxy) is 1. The van der Waals surface area contributed by atoms with E-state index in [4.69, 9.17) is 4.74 Å². The molecule has 5 nitrogen and oxygen atoms in total. The van der Waals surface area contributed by atoms with Crippen LogP contribution in [0.3, 0.4) is 0 Å². The topological polar surface area (TPSA) is 68.3 Å². The Bertz CT molecular complexity index is 450. The van der Waals surface area contributed by atoms with Crippen molar-refractivity contribution in [2.75, 3.05) is 11.9 Å². The molecule has 0 fully saturated rings. The van der Waals surface area contributed by atoms with E-state index in [2.05, 4.69) is 10.3 Å². The summed E-state index contributed by atoms with van der Waals surface area (Å²) in [5, 5.41) is 3.55. The molecule has 0 aliphatic carbocycles. The van der Waals surface area contributed by atoms with Crippen LogP contribution in [0, 0.1) is 0 Å². The third-order valence-corrected chi connectivity index (χ3v) is 3.26. The Balaban J connectivity index is 2.07. The molecule has 0 bridgehead atoms. The van der Waals surface area contributed by atoms with Crippen LogP contribution in [0.4, 0.5) is 5.69 Å². The molecule has 1 aromatic heterocycles. The third kappa shape index (κ3) is 2.76. The molecule has 17 heavy (non-hydrogen) atoms. The Hall–Kier alpha value is -1.56. The number of carbonyl (C=O) groups excluding carboxylic acids is 2. The maximum absolute atomic E-state index is 11.7. The highest BCUT2D eigenvalue weighted by atomic mass is 32.2. The van der Waals surface area contributed by atoms with Crippen molar-refractivity contribution < 1.29 is 14.3 Å². The van der Waals surface area contributed by atoms with E-state index in [0.29, 0.717) is 11.6 Å². The number of esters is 1. The lowest BCUT2D eigenvalue weighted by atomic mass is 10.2. The average Bonchev–Trinajstić information content (AvgIpc) is 2.30. The van der Waals surface area contributed by atoms with Crippen LogP contribution in [0.15, 0.2) is 23.4 Å². The SMILES string of the molecule is CCOC(=O)CC1Nc2cccnc2SC1=O. The van der Waals surface area contributed by atoms with E-state index in [1.54, 1.807) is 19.2 Å². The molecule has 1 N–H and O–H groups in total. The first-order chi connectivity index (χ1) is 8.20. The van der Waals surface area contributed by atoms with Gasteiger partial charge < -0.3 is 10.1 Å². The first-order valence-electron chi connectivity index (χ1n) is 5.29. The molecular formula is C11H12N2O3S. The summed E-state index contributed by atoms with van der Waals surface area (Å²) in [5.41, 5.74) is 0.784. The van der Waals surface area contributed by atoms with E-state index in [-0.39, 0.29) is 17.5 Å². The zero-order valence-corrected chi connectivity index (χ0v) is 10.1. The fourth-order valence-corrected chi connectivity index (χ4v) is 2.34. The smallest absolute Gasteiger partial charge is 0.308 e. The molecule has 1 atom stereocenters. The molecule has 90 valence electrons. The lowest BCUT2D eigenvalue weighted by molar-refractivity contribution is -0.144. The van der Waals surface area contributed by atoms with Gasteiger partial charge in [-0.3, -0.25) is 9.59 Å². The Kier molecular flexibility index (Phi) is 3.63. The maximum atomic E-state index is 11.7. The Labute approximate surface area is 103 Å². The summed E-state index contributed by atoms with van der Waals surface area (Å²) in [6.45, 7) is 2.06. The quantitative estimate of drug-likeness (QED) is 0.821. The van der Waals surface area contributed by atoms with Crippen LogP contribution in [0.2, 0.25) is 0 Å². The zero-order chi connectivity index (χ0) is 12.3. The van der Waals surface area contributed by atoms with Crippen molar-refractivity contribution in [2.24, 2.45) is 0 Å². The molecule has 0 saturated heterocycles. The lowest BCUT2D eigenvalue weighted by Crippen LogP contribution is -2.33. The number of hydrogen-bond acceptors (Lipinski definition) is 6. The molecule has 1 aliphatic rings. The van der Waals surface area contributed by atoms with E-state index in [0.717, 1.165) is 17.4 Å². The minimum Gasteiger partial charge on any atom is -0.466 e. The highest BCUT2D eigenvalue weighted by molar-refractivity contribution is 8.14. The van der Waals surface area contributed by atoms with Crippen LogP contribution in [0.5, 0.6) is 0 Å². The number of nitrogens with zero attached hydrogens (tertiary/aromatic N) is 1. The van der Waals surface area contributed by atoms with Crippen LogP contribution in [-0.2, 0) is 14.3 Å². The number of aromatic nitrogens is 1. The van der Waals surface area contributed by atoms with Gasteiger partial charge in [0.15, 0.2) is 0 Å². The summed E-state index contributed by atoms with van der Waals surface area (Å²) in [4.78, 5) is 27.2. The summed E-state index contributed by atoms with van der Waals surface area (Å²) >= 11 is 1.06. The lowest BCUT2D eigenvalue weighted by Gasteiger charge is -2.23. The Morgan fingerprint density at radius 2 is 2.47 bits per heavy atom. The van der Waals surface area contributed by atoms with Gasteiger partial charge in [-0.05, 0) is 30.8 Å². The molecule has 1 unspecified atom stereocenters. The largest absolute Gasteiger partial charge is 0.466 e. The summed E-state index contributed by atoms with van der Waals surface area (Å²) < 4.78 is 4.82. The fourth-order valence-electron chi connectivity index (χ4n) is 1.52. The van der Waals surface area contributed by atoms with Gasteiger partial charge in [0.1, 0.15) is 11.1 Å². The van der Waals surface area contributed by atoms with Crippen LogP contribution >= 0.6 is 11.8 Å². The van der Waals surface area contributed by atoms with Crippen molar-refractivity contribution in [3.63, 3.8) is 0 Å². The fraction of sp³-hybridized carbons (Fsp3) is 0.364.